The Labute approximate surface area is 127 Å². The minimum Gasteiger partial charge on any atom is -0.378 e. The van der Waals surface area contributed by atoms with Gasteiger partial charge in [0.1, 0.15) is 5.82 Å². The zero-order valence-electron chi connectivity index (χ0n) is 13.0. The van der Waals surface area contributed by atoms with Crippen molar-refractivity contribution in [2.75, 3.05) is 36.5 Å². The van der Waals surface area contributed by atoms with Crippen LogP contribution in [0.5, 0.6) is 0 Å². The molecule has 2 aliphatic rings. The first-order chi connectivity index (χ1) is 10.3. The number of rotatable bonds is 3. The predicted octanol–water partition coefficient (Wildman–Crippen LogP) is 2.76. The third kappa shape index (κ3) is 4.06. The number of hydrogen-bond acceptors (Lipinski definition) is 5. The lowest BCUT2D eigenvalue weighted by molar-refractivity contribution is 0.122. The third-order valence-corrected chi connectivity index (χ3v) is 4.34. The zero-order valence-corrected chi connectivity index (χ0v) is 13.0. The monoisotopic (exact) mass is 290 g/mol. The Morgan fingerprint density at radius 1 is 1.10 bits per heavy atom. The number of anilines is 2. The molecule has 1 aliphatic carbocycles. The van der Waals surface area contributed by atoms with Crippen LogP contribution in [-0.2, 0) is 4.74 Å². The van der Waals surface area contributed by atoms with E-state index in [4.69, 9.17) is 9.72 Å². The van der Waals surface area contributed by atoms with Gasteiger partial charge in [0.05, 0.1) is 13.2 Å². The maximum absolute atomic E-state index is 5.40. The minimum absolute atomic E-state index is 0.569. The topological polar surface area (TPSA) is 50.3 Å². The number of ether oxygens (including phenoxy) is 1. The highest BCUT2D eigenvalue weighted by Gasteiger charge is 2.17. The molecule has 0 atom stereocenters. The van der Waals surface area contributed by atoms with Crippen LogP contribution in [0.3, 0.4) is 0 Å². The Bertz CT molecular complexity index is 452. The lowest BCUT2D eigenvalue weighted by Gasteiger charge is -2.27. The van der Waals surface area contributed by atoms with Crippen LogP contribution < -0.4 is 10.2 Å². The second-order valence-corrected chi connectivity index (χ2v) is 6.13. The minimum atomic E-state index is 0.569. The van der Waals surface area contributed by atoms with Gasteiger partial charge < -0.3 is 15.0 Å². The molecule has 2 fully saturated rings. The number of nitrogens with zero attached hydrogens (tertiary/aromatic N) is 3. The molecule has 0 aromatic carbocycles. The number of aromatic nitrogens is 2. The number of aryl methyl sites for hydroxylation is 1. The fraction of sp³-hybridized carbons (Fsp3) is 0.750. The van der Waals surface area contributed by atoms with Gasteiger partial charge in [-0.25, -0.2) is 4.98 Å². The Balaban J connectivity index is 1.70. The molecule has 1 aliphatic heterocycles. The Morgan fingerprint density at radius 2 is 1.81 bits per heavy atom. The number of morpholine rings is 1. The highest BCUT2D eigenvalue weighted by molar-refractivity contribution is 5.44. The van der Waals surface area contributed by atoms with Gasteiger partial charge >= 0.3 is 0 Å². The molecule has 3 rings (SSSR count). The summed E-state index contributed by atoms with van der Waals surface area (Å²) < 4.78 is 5.40. The van der Waals surface area contributed by atoms with Crippen LogP contribution in [0.15, 0.2) is 6.07 Å². The first-order valence-corrected chi connectivity index (χ1v) is 8.26. The fourth-order valence-electron chi connectivity index (χ4n) is 3.16. The van der Waals surface area contributed by atoms with Crippen molar-refractivity contribution >= 4 is 11.8 Å². The predicted molar refractivity (Wildman–Crippen MR) is 84.9 cm³/mol. The average Bonchev–Trinajstić information content (AvgIpc) is 2.76. The van der Waals surface area contributed by atoms with Crippen LogP contribution in [0, 0.1) is 6.92 Å². The summed E-state index contributed by atoms with van der Waals surface area (Å²) in [6, 6.07) is 2.63. The lowest BCUT2D eigenvalue weighted by Crippen LogP contribution is -2.37. The summed E-state index contributed by atoms with van der Waals surface area (Å²) >= 11 is 0. The summed E-state index contributed by atoms with van der Waals surface area (Å²) in [5.41, 5.74) is 1.03. The van der Waals surface area contributed by atoms with Crippen molar-refractivity contribution in [3.8, 4) is 0 Å². The molecule has 0 unspecified atom stereocenters. The van der Waals surface area contributed by atoms with Gasteiger partial charge in [-0.1, -0.05) is 25.7 Å². The quantitative estimate of drug-likeness (QED) is 0.868. The fourth-order valence-corrected chi connectivity index (χ4v) is 3.16. The van der Waals surface area contributed by atoms with Crippen LogP contribution in [-0.4, -0.2) is 42.3 Å². The molecule has 5 nitrogen and oxygen atoms in total. The van der Waals surface area contributed by atoms with E-state index in [0.717, 1.165) is 43.8 Å². The van der Waals surface area contributed by atoms with E-state index in [0.29, 0.717) is 6.04 Å². The molecular weight excluding hydrogens is 264 g/mol. The SMILES string of the molecule is Cc1cc(NC2CCCCCC2)nc(N2CCOCC2)n1. The molecular formula is C16H26N4O. The van der Waals surface area contributed by atoms with Crippen molar-refractivity contribution in [1.82, 2.24) is 9.97 Å². The first-order valence-electron chi connectivity index (χ1n) is 8.26. The van der Waals surface area contributed by atoms with Crippen LogP contribution in [0.2, 0.25) is 0 Å². The molecule has 0 radical (unpaired) electrons. The molecule has 0 spiro atoms. The van der Waals surface area contributed by atoms with Crippen LogP contribution in [0.4, 0.5) is 11.8 Å². The van der Waals surface area contributed by atoms with Crippen molar-refractivity contribution in [3.05, 3.63) is 11.8 Å². The summed E-state index contributed by atoms with van der Waals surface area (Å²) in [7, 11) is 0. The summed E-state index contributed by atoms with van der Waals surface area (Å²) in [6.07, 6.45) is 7.93. The summed E-state index contributed by atoms with van der Waals surface area (Å²) in [5.74, 6) is 1.82. The van der Waals surface area contributed by atoms with Gasteiger partial charge in [0.2, 0.25) is 5.95 Å². The van der Waals surface area contributed by atoms with E-state index in [9.17, 15) is 0 Å². The van der Waals surface area contributed by atoms with Gasteiger partial charge in [0.15, 0.2) is 0 Å². The normalized spacial score (nSPS) is 21.1. The van der Waals surface area contributed by atoms with Gasteiger partial charge in [0.25, 0.3) is 0 Å². The Kier molecular flexibility index (Phi) is 4.91. The van der Waals surface area contributed by atoms with E-state index in [1.54, 1.807) is 0 Å². The van der Waals surface area contributed by atoms with E-state index in [-0.39, 0.29) is 0 Å². The van der Waals surface area contributed by atoms with Crippen LogP contribution >= 0.6 is 0 Å². The first kappa shape index (κ1) is 14.6. The van der Waals surface area contributed by atoms with Gasteiger partial charge in [-0.15, -0.1) is 0 Å². The molecule has 0 bridgehead atoms. The average molecular weight is 290 g/mol. The van der Waals surface area contributed by atoms with Crippen molar-refractivity contribution in [2.45, 2.75) is 51.5 Å². The van der Waals surface area contributed by atoms with E-state index in [1.165, 1.54) is 38.5 Å². The van der Waals surface area contributed by atoms with E-state index >= 15 is 0 Å². The molecule has 116 valence electrons. The van der Waals surface area contributed by atoms with Gasteiger partial charge in [0, 0.05) is 30.9 Å². The van der Waals surface area contributed by atoms with Crippen molar-refractivity contribution in [2.24, 2.45) is 0 Å². The largest absolute Gasteiger partial charge is 0.378 e. The van der Waals surface area contributed by atoms with Crippen molar-refractivity contribution in [3.63, 3.8) is 0 Å². The zero-order chi connectivity index (χ0) is 14.5. The molecule has 2 heterocycles. The molecule has 21 heavy (non-hydrogen) atoms. The van der Waals surface area contributed by atoms with Crippen molar-refractivity contribution in [1.29, 1.82) is 0 Å². The molecule has 1 aromatic rings. The molecule has 1 saturated heterocycles. The summed E-state index contributed by atoms with van der Waals surface area (Å²) in [5, 5.41) is 3.63. The molecule has 5 heteroatoms. The summed E-state index contributed by atoms with van der Waals surface area (Å²) in [4.78, 5) is 11.5. The van der Waals surface area contributed by atoms with E-state index < -0.39 is 0 Å². The maximum Gasteiger partial charge on any atom is 0.227 e. The molecule has 1 saturated carbocycles. The van der Waals surface area contributed by atoms with Crippen LogP contribution in [0.25, 0.3) is 0 Å². The molecule has 1 N–H and O–H groups in total. The van der Waals surface area contributed by atoms with Crippen molar-refractivity contribution < 1.29 is 4.74 Å². The molecule has 0 amide bonds. The smallest absolute Gasteiger partial charge is 0.227 e. The second-order valence-electron chi connectivity index (χ2n) is 6.13. The van der Waals surface area contributed by atoms with E-state index in [2.05, 4.69) is 21.3 Å². The van der Waals surface area contributed by atoms with E-state index in [1.807, 2.05) is 6.92 Å². The third-order valence-electron chi connectivity index (χ3n) is 4.34. The number of nitrogens with one attached hydrogen (secondary N) is 1. The van der Waals surface area contributed by atoms with Gasteiger partial charge in [-0.05, 0) is 19.8 Å². The Morgan fingerprint density at radius 3 is 2.52 bits per heavy atom. The highest BCUT2D eigenvalue weighted by Crippen LogP contribution is 2.22. The van der Waals surface area contributed by atoms with Gasteiger partial charge in [-0.3, -0.25) is 0 Å². The standard InChI is InChI=1S/C16H26N4O/c1-13-12-15(18-14-6-4-2-3-5-7-14)19-16(17-13)20-8-10-21-11-9-20/h12,14H,2-11H2,1H3,(H,17,18,19). The maximum atomic E-state index is 5.40. The lowest BCUT2D eigenvalue weighted by atomic mass is 10.1. The van der Waals surface area contributed by atoms with Crippen LogP contribution in [0.1, 0.15) is 44.2 Å². The van der Waals surface area contributed by atoms with Gasteiger partial charge in [-0.2, -0.15) is 4.98 Å². The summed E-state index contributed by atoms with van der Waals surface area (Å²) in [6.45, 7) is 5.34. The molecule has 1 aromatic heterocycles. The second kappa shape index (κ2) is 7.07. The Hall–Kier alpha value is -1.36. The number of hydrogen-bond donors (Lipinski definition) is 1. The highest BCUT2D eigenvalue weighted by atomic mass is 16.5.